The largest absolute Gasteiger partial charge is 0.366 e. The first-order valence-corrected chi connectivity index (χ1v) is 9.36. The molecule has 1 atom stereocenters. The standard InChI is InChI=1S/C20H18ClF2N5O/c21-13-6-4-12(5-7-13)16(8-28-9-20(22,23)10-28)27-19-15-3-1-2-14(18(24)29)17(15)25-11-26-19/h1-7,11,16H,8-10H2,(H2,24,29)(H,25,26,27)/t16-/m1/s1. The highest BCUT2D eigenvalue weighted by molar-refractivity contribution is 6.30. The lowest BCUT2D eigenvalue weighted by Crippen LogP contribution is -2.57. The fraction of sp³-hybridized carbons (Fsp3) is 0.250. The zero-order valence-corrected chi connectivity index (χ0v) is 16.0. The molecule has 2 heterocycles. The number of benzene rings is 2. The van der Waals surface area contributed by atoms with Gasteiger partial charge in [-0.15, -0.1) is 0 Å². The highest BCUT2D eigenvalue weighted by atomic mass is 35.5. The molecular weight excluding hydrogens is 400 g/mol. The van der Waals surface area contributed by atoms with Crippen molar-refractivity contribution >= 4 is 34.2 Å². The van der Waals surface area contributed by atoms with Crippen LogP contribution in [0.5, 0.6) is 0 Å². The molecule has 29 heavy (non-hydrogen) atoms. The topological polar surface area (TPSA) is 84.1 Å². The van der Waals surface area contributed by atoms with Gasteiger partial charge in [0.1, 0.15) is 12.1 Å². The van der Waals surface area contributed by atoms with Gasteiger partial charge >= 0.3 is 0 Å². The number of anilines is 1. The van der Waals surface area contributed by atoms with E-state index in [1.165, 1.54) is 6.33 Å². The predicted octanol–water partition coefficient (Wildman–Crippen LogP) is 3.49. The van der Waals surface area contributed by atoms with Gasteiger partial charge in [-0.25, -0.2) is 18.7 Å². The summed E-state index contributed by atoms with van der Waals surface area (Å²) in [6.45, 7) is -0.206. The molecular formula is C20H18ClF2N5O. The maximum Gasteiger partial charge on any atom is 0.272 e. The van der Waals surface area contributed by atoms with Gasteiger partial charge in [0.2, 0.25) is 0 Å². The second-order valence-electron chi connectivity index (χ2n) is 7.06. The van der Waals surface area contributed by atoms with E-state index >= 15 is 0 Å². The predicted molar refractivity (Wildman–Crippen MR) is 107 cm³/mol. The molecule has 0 aliphatic carbocycles. The van der Waals surface area contributed by atoms with Crippen LogP contribution in [-0.2, 0) is 0 Å². The van der Waals surface area contributed by atoms with Crippen molar-refractivity contribution in [3.63, 3.8) is 0 Å². The summed E-state index contributed by atoms with van der Waals surface area (Å²) in [7, 11) is 0. The van der Waals surface area contributed by atoms with Crippen LogP contribution in [0.3, 0.4) is 0 Å². The first kappa shape index (κ1) is 19.5. The van der Waals surface area contributed by atoms with E-state index in [2.05, 4.69) is 15.3 Å². The number of para-hydroxylation sites is 1. The lowest BCUT2D eigenvalue weighted by molar-refractivity contribution is -0.131. The Bertz CT molecular complexity index is 1050. The van der Waals surface area contributed by atoms with E-state index in [0.29, 0.717) is 33.9 Å². The third-order valence-corrected chi connectivity index (χ3v) is 5.12. The molecule has 0 unspecified atom stereocenters. The van der Waals surface area contributed by atoms with Crippen LogP contribution >= 0.6 is 11.6 Å². The number of hydrogen-bond donors (Lipinski definition) is 2. The number of carbonyl (C=O) groups is 1. The quantitative estimate of drug-likeness (QED) is 0.641. The molecule has 3 aromatic rings. The molecule has 1 saturated heterocycles. The molecule has 6 nitrogen and oxygen atoms in total. The summed E-state index contributed by atoms with van der Waals surface area (Å²) in [5, 5.41) is 4.52. The Morgan fingerprint density at radius 2 is 1.93 bits per heavy atom. The number of nitrogens with zero attached hydrogens (tertiary/aromatic N) is 3. The van der Waals surface area contributed by atoms with Crippen molar-refractivity contribution in [1.29, 1.82) is 0 Å². The van der Waals surface area contributed by atoms with Gasteiger partial charge in [-0.05, 0) is 29.8 Å². The molecule has 1 amide bonds. The second-order valence-corrected chi connectivity index (χ2v) is 7.50. The summed E-state index contributed by atoms with van der Waals surface area (Å²) in [4.78, 5) is 21.9. The van der Waals surface area contributed by atoms with Crippen molar-refractivity contribution in [1.82, 2.24) is 14.9 Å². The SMILES string of the molecule is NC(=O)c1cccc2c(N[C@H](CN3CC(F)(F)C3)c3ccc(Cl)cc3)ncnc12. The number of nitrogens with one attached hydrogen (secondary N) is 1. The van der Waals surface area contributed by atoms with Crippen LogP contribution in [0.15, 0.2) is 48.8 Å². The summed E-state index contributed by atoms with van der Waals surface area (Å²) < 4.78 is 26.6. The van der Waals surface area contributed by atoms with Gasteiger partial charge in [-0.3, -0.25) is 9.69 Å². The minimum absolute atomic E-state index is 0.283. The van der Waals surface area contributed by atoms with Gasteiger partial charge in [-0.2, -0.15) is 0 Å². The maximum absolute atomic E-state index is 13.3. The van der Waals surface area contributed by atoms with Gasteiger partial charge in [0.15, 0.2) is 0 Å². The molecule has 1 aliphatic heterocycles. The zero-order chi connectivity index (χ0) is 20.6. The minimum atomic E-state index is -2.65. The Balaban J connectivity index is 1.68. The molecule has 2 aromatic carbocycles. The smallest absolute Gasteiger partial charge is 0.272 e. The molecule has 3 N–H and O–H groups in total. The molecule has 4 rings (SSSR count). The summed E-state index contributed by atoms with van der Waals surface area (Å²) in [6, 6.07) is 11.9. The fourth-order valence-electron chi connectivity index (χ4n) is 3.49. The second kappa shape index (κ2) is 7.53. The maximum atomic E-state index is 13.3. The van der Waals surface area contributed by atoms with Crippen molar-refractivity contribution in [3.8, 4) is 0 Å². The van der Waals surface area contributed by atoms with Crippen molar-refractivity contribution in [2.24, 2.45) is 5.73 Å². The number of amides is 1. The number of carbonyl (C=O) groups excluding carboxylic acids is 1. The number of primary amides is 1. The molecule has 1 aromatic heterocycles. The van der Waals surface area contributed by atoms with E-state index in [1.54, 1.807) is 35.2 Å². The van der Waals surface area contributed by atoms with Gasteiger partial charge < -0.3 is 11.1 Å². The number of halogens is 3. The summed E-state index contributed by atoms with van der Waals surface area (Å²) in [6.07, 6.45) is 1.34. The van der Waals surface area contributed by atoms with E-state index in [-0.39, 0.29) is 19.1 Å². The third kappa shape index (κ3) is 4.13. The van der Waals surface area contributed by atoms with E-state index < -0.39 is 11.8 Å². The van der Waals surface area contributed by atoms with Gasteiger partial charge in [0.25, 0.3) is 11.8 Å². The van der Waals surface area contributed by atoms with Crippen LogP contribution in [0, 0.1) is 0 Å². The normalized spacial score (nSPS) is 16.9. The number of rotatable bonds is 6. The number of alkyl halides is 2. The van der Waals surface area contributed by atoms with Crippen LogP contribution in [0.2, 0.25) is 5.02 Å². The Morgan fingerprint density at radius 1 is 1.21 bits per heavy atom. The molecule has 9 heteroatoms. The number of hydrogen-bond acceptors (Lipinski definition) is 5. The van der Waals surface area contributed by atoms with Crippen LogP contribution in [0.1, 0.15) is 22.0 Å². The van der Waals surface area contributed by atoms with Crippen LogP contribution in [0.4, 0.5) is 14.6 Å². The zero-order valence-electron chi connectivity index (χ0n) is 15.3. The van der Waals surface area contributed by atoms with Crippen LogP contribution in [-0.4, -0.2) is 46.3 Å². The first-order valence-electron chi connectivity index (χ1n) is 8.98. The van der Waals surface area contributed by atoms with Gasteiger partial charge in [0.05, 0.1) is 30.2 Å². The van der Waals surface area contributed by atoms with Gasteiger partial charge in [0, 0.05) is 17.0 Å². The monoisotopic (exact) mass is 417 g/mol. The first-order chi connectivity index (χ1) is 13.8. The summed E-state index contributed by atoms with van der Waals surface area (Å²) in [5.41, 5.74) is 7.04. The summed E-state index contributed by atoms with van der Waals surface area (Å²) in [5.74, 6) is -2.75. The van der Waals surface area contributed by atoms with Crippen molar-refractivity contribution < 1.29 is 13.6 Å². The average molecular weight is 418 g/mol. The molecule has 150 valence electrons. The molecule has 0 spiro atoms. The number of nitrogens with two attached hydrogens (primary N) is 1. The van der Waals surface area contributed by atoms with Crippen molar-refractivity contribution in [2.75, 3.05) is 25.0 Å². The molecule has 0 radical (unpaired) electrons. The lowest BCUT2D eigenvalue weighted by Gasteiger charge is -2.40. The fourth-order valence-corrected chi connectivity index (χ4v) is 3.62. The van der Waals surface area contributed by atoms with Crippen molar-refractivity contribution in [3.05, 3.63) is 64.9 Å². The van der Waals surface area contributed by atoms with Crippen LogP contribution < -0.4 is 11.1 Å². The third-order valence-electron chi connectivity index (χ3n) is 4.86. The van der Waals surface area contributed by atoms with E-state index in [4.69, 9.17) is 17.3 Å². The Labute approximate surface area is 170 Å². The number of aromatic nitrogens is 2. The van der Waals surface area contributed by atoms with E-state index in [9.17, 15) is 13.6 Å². The number of fused-ring (bicyclic) bond motifs is 1. The van der Waals surface area contributed by atoms with Crippen molar-refractivity contribution in [2.45, 2.75) is 12.0 Å². The molecule has 0 saturated carbocycles. The average Bonchev–Trinajstić information content (AvgIpc) is 2.66. The van der Waals surface area contributed by atoms with Crippen LogP contribution in [0.25, 0.3) is 10.9 Å². The highest BCUT2D eigenvalue weighted by Crippen LogP contribution is 2.31. The molecule has 0 bridgehead atoms. The van der Waals surface area contributed by atoms with E-state index in [1.807, 2.05) is 12.1 Å². The lowest BCUT2D eigenvalue weighted by atomic mass is 10.0. The Hall–Kier alpha value is -2.84. The van der Waals surface area contributed by atoms with Gasteiger partial charge in [-0.1, -0.05) is 29.8 Å². The molecule has 1 fully saturated rings. The molecule has 1 aliphatic rings. The Morgan fingerprint density at radius 3 is 2.59 bits per heavy atom. The number of likely N-dealkylation sites (tertiary alicyclic amines) is 1. The van der Waals surface area contributed by atoms with E-state index in [0.717, 1.165) is 5.56 Å². The highest BCUT2D eigenvalue weighted by Gasteiger charge is 2.44. The summed E-state index contributed by atoms with van der Waals surface area (Å²) >= 11 is 5.99. The minimum Gasteiger partial charge on any atom is -0.366 e. The Kier molecular flexibility index (Phi) is 5.06.